The first-order valence-corrected chi connectivity index (χ1v) is 7.55. The van der Waals surface area contributed by atoms with Crippen LogP contribution in [-0.2, 0) is 12.8 Å². The Bertz CT molecular complexity index is 298. The van der Waals surface area contributed by atoms with Crippen molar-refractivity contribution in [3.8, 4) is 0 Å². The van der Waals surface area contributed by atoms with Gasteiger partial charge in [0.15, 0.2) is 0 Å². The lowest BCUT2D eigenvalue weighted by Crippen LogP contribution is -2.26. The van der Waals surface area contributed by atoms with E-state index in [1.807, 2.05) is 0 Å². The second-order valence-electron chi connectivity index (χ2n) is 5.23. The Morgan fingerprint density at radius 2 is 1.61 bits per heavy atom. The Hall–Kier alpha value is -0.820. The van der Waals surface area contributed by atoms with Gasteiger partial charge in [-0.3, -0.25) is 0 Å². The summed E-state index contributed by atoms with van der Waals surface area (Å²) < 4.78 is 0. The van der Waals surface area contributed by atoms with Crippen molar-refractivity contribution in [1.29, 1.82) is 0 Å². The lowest BCUT2D eigenvalue weighted by atomic mass is 10.0. The van der Waals surface area contributed by atoms with Crippen LogP contribution in [0, 0.1) is 0 Å². The number of aryl methyl sites for hydroxylation is 1. The number of unbranched alkanes of at least 4 members (excludes halogenated alkanes) is 3. The number of hydrogen-bond donors (Lipinski definition) is 1. The Labute approximate surface area is 113 Å². The first-order chi connectivity index (χ1) is 8.80. The minimum atomic E-state index is 0.611. The summed E-state index contributed by atoms with van der Waals surface area (Å²) >= 11 is 0. The van der Waals surface area contributed by atoms with Crippen molar-refractivity contribution in [1.82, 2.24) is 5.32 Å². The van der Waals surface area contributed by atoms with E-state index in [4.69, 9.17) is 0 Å². The molecule has 0 bridgehead atoms. The molecule has 0 fully saturated rings. The van der Waals surface area contributed by atoms with Gasteiger partial charge in [0.2, 0.25) is 0 Å². The molecule has 0 aliphatic carbocycles. The van der Waals surface area contributed by atoms with E-state index in [1.165, 1.54) is 49.7 Å². The molecular formula is C17H29N. The fraction of sp³-hybridized carbons (Fsp3) is 0.647. The summed E-state index contributed by atoms with van der Waals surface area (Å²) in [6.45, 7) is 4.50. The first-order valence-electron chi connectivity index (χ1n) is 7.55. The SMILES string of the molecule is CCCCCCc1ccc(CC(CC)NC)cc1. The van der Waals surface area contributed by atoms with Gasteiger partial charge in [0.25, 0.3) is 0 Å². The van der Waals surface area contributed by atoms with Crippen molar-refractivity contribution >= 4 is 0 Å². The third kappa shape index (κ3) is 5.68. The van der Waals surface area contributed by atoms with E-state index >= 15 is 0 Å². The number of nitrogens with one attached hydrogen (secondary N) is 1. The van der Waals surface area contributed by atoms with Gasteiger partial charge in [0.1, 0.15) is 0 Å². The van der Waals surface area contributed by atoms with Gasteiger partial charge in [-0.15, -0.1) is 0 Å². The van der Waals surface area contributed by atoms with Crippen LogP contribution in [0.5, 0.6) is 0 Å². The molecule has 1 atom stereocenters. The largest absolute Gasteiger partial charge is 0.317 e. The van der Waals surface area contributed by atoms with Crippen molar-refractivity contribution in [2.45, 2.75) is 64.8 Å². The molecule has 1 heteroatoms. The van der Waals surface area contributed by atoms with Crippen molar-refractivity contribution in [2.75, 3.05) is 7.05 Å². The summed E-state index contributed by atoms with van der Waals surface area (Å²) in [7, 11) is 2.05. The monoisotopic (exact) mass is 247 g/mol. The average Bonchev–Trinajstić information content (AvgIpc) is 2.42. The maximum atomic E-state index is 3.36. The van der Waals surface area contributed by atoms with Crippen LogP contribution < -0.4 is 5.32 Å². The highest BCUT2D eigenvalue weighted by Gasteiger charge is 2.04. The van der Waals surface area contributed by atoms with Crippen molar-refractivity contribution in [2.24, 2.45) is 0 Å². The molecule has 1 unspecified atom stereocenters. The van der Waals surface area contributed by atoms with Crippen LogP contribution >= 0.6 is 0 Å². The molecule has 0 aliphatic heterocycles. The summed E-state index contributed by atoms with van der Waals surface area (Å²) in [6.07, 6.45) is 8.97. The Morgan fingerprint density at radius 3 is 2.17 bits per heavy atom. The predicted molar refractivity (Wildman–Crippen MR) is 81.1 cm³/mol. The van der Waals surface area contributed by atoms with E-state index in [0.29, 0.717) is 6.04 Å². The highest BCUT2D eigenvalue weighted by atomic mass is 14.9. The van der Waals surface area contributed by atoms with Crippen molar-refractivity contribution < 1.29 is 0 Å². The average molecular weight is 247 g/mol. The zero-order valence-corrected chi connectivity index (χ0v) is 12.3. The third-order valence-corrected chi connectivity index (χ3v) is 3.73. The second kappa shape index (κ2) is 9.16. The van der Waals surface area contributed by atoms with Gasteiger partial charge < -0.3 is 5.32 Å². The molecule has 0 aromatic heterocycles. The van der Waals surface area contributed by atoms with Crippen LogP contribution in [0.4, 0.5) is 0 Å². The molecule has 1 aromatic carbocycles. The summed E-state index contributed by atoms with van der Waals surface area (Å²) in [4.78, 5) is 0. The topological polar surface area (TPSA) is 12.0 Å². The van der Waals surface area contributed by atoms with Crippen LogP contribution in [0.1, 0.15) is 57.1 Å². The van der Waals surface area contributed by atoms with Crippen LogP contribution in [0.25, 0.3) is 0 Å². The molecule has 0 spiro atoms. The number of benzene rings is 1. The van der Waals surface area contributed by atoms with Gasteiger partial charge in [-0.1, -0.05) is 57.4 Å². The van der Waals surface area contributed by atoms with E-state index in [1.54, 1.807) is 0 Å². The van der Waals surface area contributed by atoms with Crippen molar-refractivity contribution in [3.63, 3.8) is 0 Å². The smallest absolute Gasteiger partial charge is 0.0102 e. The standard InChI is InChI=1S/C17H29N/c1-4-6-7-8-9-15-10-12-16(13-11-15)14-17(5-2)18-3/h10-13,17-18H,4-9,14H2,1-3H3. The second-order valence-corrected chi connectivity index (χ2v) is 5.23. The van der Waals surface area contributed by atoms with Crippen LogP contribution in [0.15, 0.2) is 24.3 Å². The molecule has 1 aromatic rings. The normalized spacial score (nSPS) is 12.6. The highest BCUT2D eigenvalue weighted by Crippen LogP contribution is 2.11. The Morgan fingerprint density at radius 1 is 0.944 bits per heavy atom. The molecule has 0 saturated heterocycles. The lowest BCUT2D eigenvalue weighted by Gasteiger charge is -2.13. The molecule has 0 heterocycles. The van der Waals surface area contributed by atoms with Gasteiger partial charge >= 0.3 is 0 Å². The lowest BCUT2D eigenvalue weighted by molar-refractivity contribution is 0.543. The summed E-state index contributed by atoms with van der Waals surface area (Å²) in [6, 6.07) is 9.83. The molecule has 18 heavy (non-hydrogen) atoms. The molecule has 1 nitrogen and oxygen atoms in total. The van der Waals surface area contributed by atoms with Gasteiger partial charge in [0, 0.05) is 6.04 Å². The Balaban J connectivity index is 2.37. The molecule has 0 radical (unpaired) electrons. The van der Waals surface area contributed by atoms with Gasteiger partial charge in [-0.25, -0.2) is 0 Å². The van der Waals surface area contributed by atoms with Gasteiger partial charge in [0.05, 0.1) is 0 Å². The maximum Gasteiger partial charge on any atom is 0.0102 e. The molecular weight excluding hydrogens is 218 g/mol. The van der Waals surface area contributed by atoms with E-state index in [0.717, 1.165) is 6.42 Å². The minimum absolute atomic E-state index is 0.611. The molecule has 102 valence electrons. The number of likely N-dealkylation sites (N-methyl/N-ethyl adjacent to an activating group) is 1. The molecule has 0 saturated carbocycles. The summed E-state index contributed by atoms with van der Waals surface area (Å²) in [5, 5.41) is 3.36. The highest BCUT2D eigenvalue weighted by molar-refractivity contribution is 5.23. The quantitative estimate of drug-likeness (QED) is 0.640. The van der Waals surface area contributed by atoms with Crippen molar-refractivity contribution in [3.05, 3.63) is 35.4 Å². The number of hydrogen-bond acceptors (Lipinski definition) is 1. The Kier molecular flexibility index (Phi) is 7.75. The summed E-state index contributed by atoms with van der Waals surface area (Å²) in [5.74, 6) is 0. The first kappa shape index (κ1) is 15.2. The molecule has 1 N–H and O–H groups in total. The predicted octanol–water partition coefficient (Wildman–Crippen LogP) is 4.35. The fourth-order valence-corrected chi connectivity index (χ4v) is 2.33. The van der Waals surface area contributed by atoms with E-state index in [2.05, 4.69) is 50.5 Å². The minimum Gasteiger partial charge on any atom is -0.317 e. The van der Waals surface area contributed by atoms with Gasteiger partial charge in [-0.2, -0.15) is 0 Å². The van der Waals surface area contributed by atoms with Crippen LogP contribution in [-0.4, -0.2) is 13.1 Å². The fourth-order valence-electron chi connectivity index (χ4n) is 2.33. The van der Waals surface area contributed by atoms with Crippen LogP contribution in [0.3, 0.4) is 0 Å². The molecule has 1 rings (SSSR count). The number of rotatable bonds is 9. The van der Waals surface area contributed by atoms with Crippen LogP contribution in [0.2, 0.25) is 0 Å². The van der Waals surface area contributed by atoms with E-state index in [-0.39, 0.29) is 0 Å². The molecule has 0 aliphatic rings. The summed E-state index contributed by atoms with van der Waals surface area (Å²) in [5.41, 5.74) is 2.95. The van der Waals surface area contributed by atoms with E-state index < -0.39 is 0 Å². The van der Waals surface area contributed by atoms with Gasteiger partial charge in [-0.05, 0) is 43.9 Å². The van der Waals surface area contributed by atoms with E-state index in [9.17, 15) is 0 Å². The third-order valence-electron chi connectivity index (χ3n) is 3.73. The zero-order chi connectivity index (χ0) is 13.2. The maximum absolute atomic E-state index is 3.36. The zero-order valence-electron chi connectivity index (χ0n) is 12.3. The molecule has 0 amide bonds.